The molecule has 1 unspecified atom stereocenters. The van der Waals surface area contributed by atoms with Gasteiger partial charge in [-0.05, 0) is 24.3 Å². The highest BCUT2D eigenvalue weighted by Gasteiger charge is 2.18. The third-order valence-corrected chi connectivity index (χ3v) is 5.51. The summed E-state index contributed by atoms with van der Waals surface area (Å²) in [5, 5.41) is 11.3. The Balaban J connectivity index is 2.72. The van der Waals surface area contributed by atoms with Gasteiger partial charge in [-0.2, -0.15) is 0 Å². The van der Waals surface area contributed by atoms with Crippen LogP contribution < -0.4 is 5.32 Å². The van der Waals surface area contributed by atoms with Crippen LogP contribution in [0.1, 0.15) is 13.8 Å². The molecule has 1 atom stereocenters. The Morgan fingerprint density at radius 1 is 1.29 bits per heavy atom. The zero-order chi connectivity index (χ0) is 16.0. The topological polar surface area (TPSA) is 101 Å². The van der Waals surface area contributed by atoms with E-state index in [9.17, 15) is 18.0 Å². The van der Waals surface area contributed by atoms with E-state index in [4.69, 9.17) is 5.11 Å². The molecule has 0 aliphatic carbocycles. The van der Waals surface area contributed by atoms with E-state index >= 15 is 0 Å². The molecule has 0 fully saturated rings. The zero-order valence-electron chi connectivity index (χ0n) is 11.7. The highest BCUT2D eigenvalue weighted by molar-refractivity contribution is 7.99. The van der Waals surface area contributed by atoms with Gasteiger partial charge in [-0.25, -0.2) is 13.2 Å². The summed E-state index contributed by atoms with van der Waals surface area (Å²) in [6.07, 6.45) is 0. The van der Waals surface area contributed by atoms with Crippen LogP contribution in [-0.4, -0.2) is 42.9 Å². The first-order valence-electron chi connectivity index (χ1n) is 6.21. The average molecular weight is 331 g/mol. The van der Waals surface area contributed by atoms with Gasteiger partial charge < -0.3 is 10.4 Å². The molecule has 1 aromatic carbocycles. The quantitative estimate of drug-likeness (QED) is 0.727. The Bertz CT molecular complexity index is 610. The van der Waals surface area contributed by atoms with Crippen LogP contribution in [0, 0.1) is 0 Å². The number of nitrogens with one attached hydrogen (secondary N) is 1. The largest absolute Gasteiger partial charge is 0.480 e. The number of carboxylic acids is 1. The summed E-state index contributed by atoms with van der Waals surface area (Å²) in [6, 6.07) is 5.26. The highest BCUT2D eigenvalue weighted by Crippen LogP contribution is 2.21. The smallest absolute Gasteiger partial charge is 0.327 e. The number of carboxylic acid groups (broad SMARTS) is 1. The summed E-state index contributed by atoms with van der Waals surface area (Å²) < 4.78 is 23.3. The first-order chi connectivity index (χ1) is 9.76. The maximum atomic E-state index is 11.7. The van der Waals surface area contributed by atoms with E-state index < -0.39 is 27.8 Å². The first kappa shape index (κ1) is 17.5. The van der Waals surface area contributed by atoms with Gasteiger partial charge in [-0.1, -0.05) is 6.92 Å². The van der Waals surface area contributed by atoms with Gasteiger partial charge in [0.05, 0.1) is 10.6 Å². The number of rotatable bonds is 7. The van der Waals surface area contributed by atoms with Crippen LogP contribution >= 0.6 is 11.8 Å². The Hall–Kier alpha value is -1.54. The van der Waals surface area contributed by atoms with Gasteiger partial charge in [0, 0.05) is 17.6 Å². The molecular formula is C13H17NO5S2. The van der Waals surface area contributed by atoms with Crippen LogP contribution in [0.4, 0.5) is 0 Å². The van der Waals surface area contributed by atoms with Crippen LogP contribution in [0.5, 0.6) is 0 Å². The third-order valence-electron chi connectivity index (χ3n) is 2.66. The van der Waals surface area contributed by atoms with Crippen molar-refractivity contribution in [2.24, 2.45) is 0 Å². The molecule has 0 aliphatic rings. The van der Waals surface area contributed by atoms with Crippen molar-refractivity contribution in [3.63, 3.8) is 0 Å². The fraction of sp³-hybridized carbons (Fsp3) is 0.385. The second kappa shape index (κ2) is 7.46. The fourth-order valence-electron chi connectivity index (χ4n) is 1.51. The summed E-state index contributed by atoms with van der Waals surface area (Å²) in [6.45, 7) is 2.83. The number of carbonyl (C=O) groups excluding carboxylic acids is 1. The van der Waals surface area contributed by atoms with Gasteiger partial charge in [0.1, 0.15) is 6.04 Å². The summed E-state index contributed by atoms with van der Waals surface area (Å²) in [4.78, 5) is 22.9. The fourth-order valence-corrected chi connectivity index (χ4v) is 3.31. The Kier molecular flexibility index (Phi) is 6.22. The van der Waals surface area contributed by atoms with Gasteiger partial charge in [0.25, 0.3) is 0 Å². The normalized spacial score (nSPS) is 12.7. The van der Waals surface area contributed by atoms with Crippen molar-refractivity contribution in [2.75, 3.05) is 11.5 Å². The molecule has 21 heavy (non-hydrogen) atoms. The van der Waals surface area contributed by atoms with Crippen molar-refractivity contribution in [1.82, 2.24) is 5.32 Å². The molecule has 6 nitrogen and oxygen atoms in total. The van der Waals surface area contributed by atoms with Gasteiger partial charge in [0.15, 0.2) is 9.84 Å². The Morgan fingerprint density at radius 3 is 2.29 bits per heavy atom. The van der Waals surface area contributed by atoms with Gasteiger partial charge >= 0.3 is 5.97 Å². The number of aliphatic carboxylic acids is 1. The van der Waals surface area contributed by atoms with Crippen molar-refractivity contribution >= 4 is 33.5 Å². The van der Waals surface area contributed by atoms with Gasteiger partial charge in [0.2, 0.25) is 5.91 Å². The molecule has 0 aromatic heterocycles. The first-order valence-corrected chi connectivity index (χ1v) is 8.85. The molecule has 1 amide bonds. The number of hydrogen-bond donors (Lipinski definition) is 2. The molecule has 116 valence electrons. The molecule has 0 radical (unpaired) electrons. The van der Waals surface area contributed by atoms with Gasteiger partial charge in [-0.15, -0.1) is 11.8 Å². The maximum absolute atomic E-state index is 11.7. The lowest BCUT2D eigenvalue weighted by atomic mass is 10.3. The van der Waals surface area contributed by atoms with E-state index in [1.807, 2.05) is 0 Å². The van der Waals surface area contributed by atoms with Crippen molar-refractivity contribution in [3.05, 3.63) is 24.3 Å². The predicted molar refractivity (Wildman–Crippen MR) is 80.1 cm³/mol. The molecule has 1 aromatic rings. The van der Waals surface area contributed by atoms with E-state index in [2.05, 4.69) is 5.32 Å². The van der Waals surface area contributed by atoms with Crippen LogP contribution in [0.2, 0.25) is 0 Å². The summed E-state index contributed by atoms with van der Waals surface area (Å²) in [7, 11) is -3.24. The summed E-state index contributed by atoms with van der Waals surface area (Å²) >= 11 is 1.24. The van der Waals surface area contributed by atoms with Crippen molar-refractivity contribution in [2.45, 2.75) is 29.7 Å². The van der Waals surface area contributed by atoms with E-state index in [1.54, 1.807) is 19.1 Å². The lowest BCUT2D eigenvalue weighted by molar-refractivity contribution is -0.140. The number of amides is 1. The minimum Gasteiger partial charge on any atom is -0.480 e. The second-order valence-electron chi connectivity index (χ2n) is 4.28. The average Bonchev–Trinajstić information content (AvgIpc) is 2.43. The highest BCUT2D eigenvalue weighted by atomic mass is 32.2. The molecule has 0 saturated carbocycles. The summed E-state index contributed by atoms with van der Waals surface area (Å²) in [5.74, 6) is -1.33. The number of hydrogen-bond acceptors (Lipinski definition) is 5. The van der Waals surface area contributed by atoms with Gasteiger partial charge in [-0.3, -0.25) is 4.79 Å². The maximum Gasteiger partial charge on any atom is 0.327 e. The number of carbonyl (C=O) groups is 2. The van der Waals surface area contributed by atoms with Crippen molar-refractivity contribution in [3.8, 4) is 0 Å². The monoisotopic (exact) mass is 331 g/mol. The molecule has 0 bridgehead atoms. The number of thioether (sulfide) groups is 1. The molecule has 0 aliphatic heterocycles. The molecule has 0 saturated heterocycles. The van der Waals surface area contributed by atoms with E-state index in [-0.39, 0.29) is 16.4 Å². The number of sulfone groups is 1. The standard InChI is InChI=1S/C13H17NO5S2/c1-3-21(18,19)11-6-4-10(5-7-11)20-8-12(13(16)17)14-9(2)15/h4-7,12H,3,8H2,1-2H3,(H,14,15)(H,16,17). The lowest BCUT2D eigenvalue weighted by Crippen LogP contribution is -2.41. The summed E-state index contributed by atoms with van der Waals surface area (Å²) in [5.41, 5.74) is 0. The number of benzene rings is 1. The lowest BCUT2D eigenvalue weighted by Gasteiger charge is -2.12. The van der Waals surface area contributed by atoms with Crippen molar-refractivity contribution < 1.29 is 23.1 Å². The predicted octanol–water partition coefficient (Wildman–Crippen LogP) is 1.16. The molecule has 0 heterocycles. The Morgan fingerprint density at radius 2 is 1.86 bits per heavy atom. The van der Waals surface area contributed by atoms with E-state index in [0.717, 1.165) is 4.90 Å². The van der Waals surface area contributed by atoms with Crippen LogP contribution in [0.15, 0.2) is 34.1 Å². The van der Waals surface area contributed by atoms with E-state index in [1.165, 1.54) is 30.8 Å². The van der Waals surface area contributed by atoms with Crippen LogP contribution in [-0.2, 0) is 19.4 Å². The molecule has 0 spiro atoms. The van der Waals surface area contributed by atoms with E-state index in [0.29, 0.717) is 0 Å². The van der Waals surface area contributed by atoms with Crippen LogP contribution in [0.25, 0.3) is 0 Å². The second-order valence-corrected chi connectivity index (χ2v) is 7.65. The Labute approximate surface area is 127 Å². The van der Waals surface area contributed by atoms with Crippen LogP contribution in [0.3, 0.4) is 0 Å². The minimum absolute atomic E-state index is 0.0309. The SMILES string of the molecule is CCS(=O)(=O)c1ccc(SCC(NC(C)=O)C(=O)O)cc1. The molecular weight excluding hydrogens is 314 g/mol. The third kappa shape index (κ3) is 5.39. The molecule has 2 N–H and O–H groups in total. The zero-order valence-corrected chi connectivity index (χ0v) is 13.3. The van der Waals surface area contributed by atoms with Crippen molar-refractivity contribution in [1.29, 1.82) is 0 Å². The molecule has 1 rings (SSSR count). The molecule has 8 heteroatoms. The minimum atomic E-state index is -3.24.